The number of pyridine rings is 1. The molecule has 0 radical (unpaired) electrons. The molecule has 10 heavy (non-hydrogen) atoms. The number of carbonyl (C=O) groups excluding carboxylic acids is 1. The van der Waals surface area contributed by atoms with Crippen LogP contribution >= 0.6 is 12.8 Å². The van der Waals surface area contributed by atoms with Crippen LogP contribution < -0.4 is 5.56 Å². The number of hydrogen-bond donors (Lipinski definition) is 1. The summed E-state index contributed by atoms with van der Waals surface area (Å²) in [7, 11) is 0. The number of thiol groups is 1. The van der Waals surface area contributed by atoms with Gasteiger partial charge in [0.1, 0.15) is 0 Å². The highest BCUT2D eigenvalue weighted by molar-refractivity contribution is 7.78. The first kappa shape index (κ1) is 7.08. The Hall–Kier alpha value is -1.03. The quantitative estimate of drug-likeness (QED) is 0.469. The van der Waals surface area contributed by atoms with Crippen molar-refractivity contribution >= 4 is 19.1 Å². The Morgan fingerprint density at radius 1 is 1.60 bits per heavy atom. The van der Waals surface area contributed by atoms with Crippen molar-refractivity contribution in [2.45, 2.75) is 0 Å². The van der Waals surface area contributed by atoms with Crippen LogP contribution in [-0.2, 0) is 0 Å². The van der Waals surface area contributed by atoms with Gasteiger partial charge in [-0.2, -0.15) is 0 Å². The van der Waals surface area contributed by atoms with E-state index < -0.39 is 0 Å². The normalized spacial score (nSPS) is 9.30. The Balaban J connectivity index is 3.42. The van der Waals surface area contributed by atoms with Crippen LogP contribution in [0.4, 0.5) is 0 Å². The highest BCUT2D eigenvalue weighted by atomic mass is 32.1. The molecule has 0 aliphatic carbocycles. The molecule has 1 rings (SSSR count). The Labute approximate surface area is 62.8 Å². The van der Waals surface area contributed by atoms with E-state index in [0.29, 0.717) is 6.29 Å². The summed E-state index contributed by atoms with van der Waals surface area (Å²) < 4.78 is 1.06. The predicted octanol–water partition coefficient (Wildman–Crippen LogP) is 0.354. The van der Waals surface area contributed by atoms with E-state index in [1.165, 1.54) is 12.3 Å². The van der Waals surface area contributed by atoms with Crippen molar-refractivity contribution in [3.8, 4) is 0 Å². The smallest absolute Gasteiger partial charge is 0.270 e. The summed E-state index contributed by atoms with van der Waals surface area (Å²) >= 11 is 3.77. The minimum absolute atomic E-state index is 0.123. The van der Waals surface area contributed by atoms with Gasteiger partial charge < -0.3 is 0 Å². The summed E-state index contributed by atoms with van der Waals surface area (Å²) in [5.74, 6) is 0. The molecule has 0 aliphatic rings. The number of carbonyl (C=O) groups is 1. The van der Waals surface area contributed by atoms with Crippen LogP contribution in [0.1, 0.15) is 10.4 Å². The van der Waals surface area contributed by atoms with Crippen LogP contribution in [0.15, 0.2) is 23.1 Å². The van der Waals surface area contributed by atoms with Gasteiger partial charge in [0, 0.05) is 6.20 Å². The third kappa shape index (κ3) is 1.11. The minimum Gasteiger partial charge on any atom is -0.298 e. The lowest BCUT2D eigenvalue weighted by molar-refractivity contribution is 0.112. The zero-order valence-corrected chi connectivity index (χ0v) is 5.91. The zero-order chi connectivity index (χ0) is 7.56. The third-order valence-electron chi connectivity index (χ3n) is 1.09. The molecule has 0 amide bonds. The standard InChI is InChI=1S/C6H5NO2S/c8-4-5-2-1-3-7(10)6(5)9/h1-4,10H. The fraction of sp³-hybridized carbons (Fsp3) is 0. The van der Waals surface area contributed by atoms with Gasteiger partial charge in [-0.3, -0.25) is 13.6 Å². The summed E-state index contributed by atoms with van der Waals surface area (Å²) in [6.45, 7) is 0. The first-order valence-electron chi connectivity index (χ1n) is 2.62. The molecule has 0 atom stereocenters. The van der Waals surface area contributed by atoms with Crippen molar-refractivity contribution in [1.29, 1.82) is 0 Å². The monoisotopic (exact) mass is 155 g/mol. The maximum absolute atomic E-state index is 10.9. The summed E-state index contributed by atoms with van der Waals surface area (Å²) in [6, 6.07) is 3.03. The lowest BCUT2D eigenvalue weighted by Crippen LogP contribution is -2.15. The Bertz CT molecular complexity index is 305. The van der Waals surface area contributed by atoms with E-state index in [1.807, 2.05) is 0 Å². The number of aromatic nitrogens is 1. The molecule has 0 bridgehead atoms. The summed E-state index contributed by atoms with van der Waals surface area (Å²) in [5.41, 5.74) is -0.265. The second-order valence-corrected chi connectivity index (χ2v) is 2.16. The lowest BCUT2D eigenvalue weighted by Gasteiger charge is -1.92. The molecule has 0 saturated carbocycles. The molecule has 0 aromatic carbocycles. The Morgan fingerprint density at radius 3 is 2.80 bits per heavy atom. The van der Waals surface area contributed by atoms with Crippen LogP contribution in [0.5, 0.6) is 0 Å². The second kappa shape index (κ2) is 2.70. The van der Waals surface area contributed by atoms with E-state index in [0.717, 1.165) is 3.97 Å². The lowest BCUT2D eigenvalue weighted by atomic mass is 10.3. The van der Waals surface area contributed by atoms with E-state index in [9.17, 15) is 9.59 Å². The van der Waals surface area contributed by atoms with Crippen molar-refractivity contribution in [3.63, 3.8) is 0 Å². The van der Waals surface area contributed by atoms with Gasteiger partial charge in [-0.15, -0.1) is 0 Å². The van der Waals surface area contributed by atoms with Crippen molar-refractivity contribution in [3.05, 3.63) is 34.2 Å². The summed E-state index contributed by atoms with van der Waals surface area (Å²) in [6.07, 6.45) is 1.98. The Morgan fingerprint density at radius 2 is 2.30 bits per heavy atom. The van der Waals surface area contributed by atoms with Gasteiger partial charge in [0.05, 0.1) is 5.56 Å². The average molecular weight is 155 g/mol. The molecule has 4 heteroatoms. The molecule has 0 spiro atoms. The fourth-order valence-corrected chi connectivity index (χ4v) is 0.782. The van der Waals surface area contributed by atoms with Gasteiger partial charge in [-0.1, -0.05) is 12.8 Å². The van der Waals surface area contributed by atoms with E-state index in [1.54, 1.807) is 6.07 Å². The molecular weight excluding hydrogens is 150 g/mol. The molecule has 0 saturated heterocycles. The van der Waals surface area contributed by atoms with Gasteiger partial charge >= 0.3 is 0 Å². The van der Waals surface area contributed by atoms with Gasteiger partial charge in [-0.05, 0) is 12.1 Å². The molecule has 3 nitrogen and oxygen atoms in total. The maximum Gasteiger partial charge on any atom is 0.270 e. The second-order valence-electron chi connectivity index (χ2n) is 1.73. The number of rotatable bonds is 1. The van der Waals surface area contributed by atoms with Crippen molar-refractivity contribution in [2.75, 3.05) is 0 Å². The molecule has 1 aromatic rings. The summed E-state index contributed by atoms with van der Waals surface area (Å²) in [4.78, 5) is 21.0. The number of aldehydes is 1. The maximum atomic E-state index is 10.9. The van der Waals surface area contributed by atoms with Gasteiger partial charge in [0.25, 0.3) is 5.56 Å². The first-order chi connectivity index (χ1) is 4.75. The Kier molecular flexibility index (Phi) is 1.91. The predicted molar refractivity (Wildman–Crippen MR) is 40.5 cm³/mol. The van der Waals surface area contributed by atoms with Crippen LogP contribution in [0.25, 0.3) is 0 Å². The van der Waals surface area contributed by atoms with E-state index in [4.69, 9.17) is 0 Å². The van der Waals surface area contributed by atoms with Crippen molar-refractivity contribution in [1.82, 2.24) is 3.97 Å². The van der Waals surface area contributed by atoms with Crippen LogP contribution in [0.3, 0.4) is 0 Å². The highest BCUT2D eigenvalue weighted by Crippen LogP contribution is 1.87. The van der Waals surface area contributed by atoms with E-state index in [2.05, 4.69) is 12.8 Å². The highest BCUT2D eigenvalue weighted by Gasteiger charge is 1.96. The average Bonchev–Trinajstić information content (AvgIpc) is 1.95. The molecule has 0 N–H and O–H groups in total. The van der Waals surface area contributed by atoms with Crippen LogP contribution in [-0.4, -0.2) is 10.3 Å². The van der Waals surface area contributed by atoms with E-state index >= 15 is 0 Å². The van der Waals surface area contributed by atoms with Gasteiger partial charge in [-0.25, -0.2) is 0 Å². The molecule has 1 heterocycles. The van der Waals surface area contributed by atoms with Crippen molar-refractivity contribution in [2.24, 2.45) is 0 Å². The van der Waals surface area contributed by atoms with E-state index in [-0.39, 0.29) is 11.1 Å². The number of hydrogen-bond acceptors (Lipinski definition) is 3. The van der Waals surface area contributed by atoms with Crippen LogP contribution in [0, 0.1) is 0 Å². The molecular formula is C6H5NO2S. The SMILES string of the molecule is O=Cc1cccn(S)c1=O. The molecule has 52 valence electrons. The molecule has 0 fully saturated rings. The number of nitrogens with zero attached hydrogens (tertiary/aromatic N) is 1. The minimum atomic E-state index is -0.388. The van der Waals surface area contributed by atoms with Crippen molar-refractivity contribution < 1.29 is 4.79 Å². The van der Waals surface area contributed by atoms with Gasteiger partial charge in [0.2, 0.25) is 0 Å². The zero-order valence-electron chi connectivity index (χ0n) is 5.02. The molecule has 0 aliphatic heterocycles. The topological polar surface area (TPSA) is 39.1 Å². The summed E-state index contributed by atoms with van der Waals surface area (Å²) in [5, 5.41) is 0. The molecule has 1 aromatic heterocycles. The largest absolute Gasteiger partial charge is 0.298 e. The first-order valence-corrected chi connectivity index (χ1v) is 3.02. The van der Waals surface area contributed by atoms with Gasteiger partial charge in [0.15, 0.2) is 6.29 Å². The third-order valence-corrected chi connectivity index (χ3v) is 1.40. The van der Waals surface area contributed by atoms with Crippen LogP contribution in [0.2, 0.25) is 0 Å². The molecule has 0 unspecified atom stereocenters. The fourth-order valence-electron chi connectivity index (χ4n) is 0.589.